The van der Waals surface area contributed by atoms with Gasteiger partial charge < -0.3 is 9.80 Å². The molecule has 0 heterocycles. The van der Waals surface area contributed by atoms with Crippen LogP contribution in [0, 0.1) is 29.6 Å². The zero-order valence-corrected chi connectivity index (χ0v) is 39.6. The first-order valence-electron chi connectivity index (χ1n) is 25.5. The molecule has 4 bridgehead atoms. The summed E-state index contributed by atoms with van der Waals surface area (Å²) in [6.07, 6.45) is 13.6. The molecule has 7 aromatic carbocycles. The Balaban J connectivity index is 0.902. The summed E-state index contributed by atoms with van der Waals surface area (Å²) in [4.78, 5) is 4.94. The molecular weight excluding hydrogens is 797 g/mol. The maximum atomic E-state index is 2.50. The van der Waals surface area contributed by atoms with Crippen LogP contribution in [-0.2, 0) is 16.2 Å². The molecule has 2 heteroatoms. The monoisotopic (exact) mass is 863 g/mol. The fourth-order valence-corrected chi connectivity index (χ4v) is 15.1. The summed E-state index contributed by atoms with van der Waals surface area (Å²) in [7, 11) is 0. The third kappa shape index (κ3) is 6.80. The molecule has 0 radical (unpaired) electrons. The van der Waals surface area contributed by atoms with Crippen LogP contribution in [0.1, 0.15) is 120 Å². The van der Waals surface area contributed by atoms with Gasteiger partial charge in [0.15, 0.2) is 0 Å². The molecule has 66 heavy (non-hydrogen) atoms. The lowest BCUT2D eigenvalue weighted by Crippen LogP contribution is -2.48. The second-order valence-corrected chi connectivity index (χ2v) is 22.1. The second-order valence-electron chi connectivity index (χ2n) is 22.1. The van der Waals surface area contributed by atoms with Crippen LogP contribution in [0.4, 0.5) is 34.1 Å². The van der Waals surface area contributed by atoms with Crippen molar-refractivity contribution >= 4 is 34.1 Å². The molecule has 2 unspecified atom stereocenters. The topological polar surface area (TPSA) is 6.48 Å². The van der Waals surface area contributed by atoms with E-state index in [2.05, 4.69) is 213 Å². The van der Waals surface area contributed by atoms with Crippen molar-refractivity contribution in [1.29, 1.82) is 0 Å². The van der Waals surface area contributed by atoms with Gasteiger partial charge in [0, 0.05) is 45.0 Å². The minimum absolute atomic E-state index is 0.0700. The molecule has 0 aliphatic heterocycles. The Kier molecular flexibility index (Phi) is 10.2. The molecule has 5 fully saturated rings. The Morgan fingerprint density at radius 1 is 0.439 bits per heavy atom. The fraction of sp³-hybridized carbons (Fsp3) is 0.344. The average Bonchev–Trinajstić information content (AvgIpc) is 3.57. The number of rotatable bonds is 10. The normalized spacial score (nSPS) is 25.7. The smallest absolute Gasteiger partial charge is 0.0465 e. The average molecular weight is 863 g/mol. The molecule has 0 aromatic heterocycles. The van der Waals surface area contributed by atoms with E-state index in [0.717, 1.165) is 24.2 Å². The van der Waals surface area contributed by atoms with Gasteiger partial charge >= 0.3 is 0 Å². The molecule has 6 aliphatic rings. The molecule has 7 aromatic rings. The van der Waals surface area contributed by atoms with E-state index in [1.165, 1.54) is 125 Å². The van der Waals surface area contributed by atoms with Crippen LogP contribution < -0.4 is 9.80 Å². The molecule has 0 N–H and O–H groups in total. The summed E-state index contributed by atoms with van der Waals surface area (Å²) in [6.45, 7) is 9.68. The first-order chi connectivity index (χ1) is 32.2. The van der Waals surface area contributed by atoms with Gasteiger partial charge in [0.2, 0.25) is 0 Å². The molecule has 5 saturated carbocycles. The molecule has 0 amide bonds. The van der Waals surface area contributed by atoms with E-state index in [1.54, 1.807) is 5.56 Å². The van der Waals surface area contributed by atoms with Crippen LogP contribution in [0.5, 0.6) is 0 Å². The van der Waals surface area contributed by atoms with Crippen LogP contribution in [-0.4, -0.2) is 0 Å². The van der Waals surface area contributed by atoms with E-state index in [1.807, 2.05) is 0 Å². The Morgan fingerprint density at radius 2 is 0.879 bits per heavy atom. The Morgan fingerprint density at radius 3 is 1.41 bits per heavy atom. The molecular formula is C64H66N2. The van der Waals surface area contributed by atoms with Gasteiger partial charge in [-0.15, -0.1) is 0 Å². The van der Waals surface area contributed by atoms with Crippen LogP contribution in [0.25, 0.3) is 11.1 Å². The number of para-hydroxylation sites is 2. The lowest BCUT2D eigenvalue weighted by molar-refractivity contribution is -0.00518. The quantitative estimate of drug-likeness (QED) is 0.135. The van der Waals surface area contributed by atoms with Crippen LogP contribution in [0.3, 0.4) is 0 Å². The number of fused-ring (bicyclic) bond motifs is 3. The zero-order chi connectivity index (χ0) is 44.6. The predicted molar refractivity (Wildman–Crippen MR) is 277 cm³/mol. The summed E-state index contributed by atoms with van der Waals surface area (Å²) in [5.41, 5.74) is 17.5. The van der Waals surface area contributed by atoms with Gasteiger partial charge in [0.05, 0.1) is 0 Å². The molecule has 2 atom stereocenters. The van der Waals surface area contributed by atoms with Crippen LogP contribution in [0.15, 0.2) is 176 Å². The highest BCUT2D eigenvalue weighted by atomic mass is 15.1. The van der Waals surface area contributed by atoms with Crippen molar-refractivity contribution < 1.29 is 0 Å². The maximum Gasteiger partial charge on any atom is 0.0465 e. The van der Waals surface area contributed by atoms with Gasteiger partial charge in [-0.3, -0.25) is 0 Å². The number of hydrogen-bond acceptors (Lipinski definition) is 2. The van der Waals surface area contributed by atoms with Crippen molar-refractivity contribution in [3.63, 3.8) is 0 Å². The van der Waals surface area contributed by atoms with Crippen molar-refractivity contribution in [2.45, 2.75) is 108 Å². The third-order valence-corrected chi connectivity index (χ3v) is 17.7. The van der Waals surface area contributed by atoms with Crippen molar-refractivity contribution in [1.82, 2.24) is 0 Å². The van der Waals surface area contributed by atoms with Crippen LogP contribution >= 0.6 is 0 Å². The SMILES string of the molecule is CC(C)C1CCCCC1(c1ccc(N(c2ccccc2)c2ccc(C34CC5CC(CC(C5)C3)C4)cc2)cc1)c1ccc(N(c2ccccc2)c2ccc3c(c2)C(C)(C)c2ccccc2-3)cc1. The van der Waals surface area contributed by atoms with Gasteiger partial charge in [-0.05, 0) is 198 Å². The Labute approximate surface area is 394 Å². The molecule has 0 spiro atoms. The Bertz CT molecular complexity index is 2800. The van der Waals surface area contributed by atoms with Gasteiger partial charge in [-0.25, -0.2) is 0 Å². The summed E-state index contributed by atoms with van der Waals surface area (Å²) >= 11 is 0. The highest BCUT2D eigenvalue weighted by molar-refractivity contribution is 5.85. The first-order valence-corrected chi connectivity index (χ1v) is 25.5. The lowest BCUT2D eigenvalue weighted by Gasteiger charge is -2.57. The first kappa shape index (κ1) is 41.6. The van der Waals surface area contributed by atoms with E-state index in [9.17, 15) is 0 Å². The van der Waals surface area contributed by atoms with Gasteiger partial charge in [-0.2, -0.15) is 0 Å². The molecule has 0 saturated heterocycles. The third-order valence-electron chi connectivity index (χ3n) is 17.7. The summed E-state index contributed by atoms with van der Waals surface area (Å²) in [5, 5.41) is 0. The molecule has 332 valence electrons. The lowest BCUT2D eigenvalue weighted by atomic mass is 9.48. The number of benzene rings is 7. The standard InChI is InChI=1S/C64H66N2/c1-44(2)59-20-13-14-36-64(59,50-26-32-55(33-27-50)66(52-17-9-6-10-18-52)56-34-35-58-57-19-11-12-21-60(57)62(3,4)61(58)40-56)49-24-30-54(31-25-49)65(51-15-7-5-8-16-51)53-28-22-48(23-29-53)63-41-45-37-46(42-63)39-47(38-45)43-63/h5-12,15-19,21-35,40,44-47,59H,13-14,20,36-39,41-43H2,1-4H3. The van der Waals surface area contributed by atoms with Crippen molar-refractivity contribution in [3.8, 4) is 11.1 Å². The van der Waals surface area contributed by atoms with E-state index >= 15 is 0 Å². The minimum atomic E-state index is -0.0818. The van der Waals surface area contributed by atoms with Gasteiger partial charge in [-0.1, -0.05) is 144 Å². The highest BCUT2D eigenvalue weighted by Gasteiger charge is 2.51. The molecule has 13 rings (SSSR count). The van der Waals surface area contributed by atoms with Crippen LogP contribution in [0.2, 0.25) is 0 Å². The number of hydrogen-bond donors (Lipinski definition) is 0. The van der Waals surface area contributed by atoms with E-state index < -0.39 is 0 Å². The minimum Gasteiger partial charge on any atom is -0.311 e. The van der Waals surface area contributed by atoms with Crippen molar-refractivity contribution in [3.05, 3.63) is 204 Å². The number of anilines is 6. The summed E-state index contributed by atoms with van der Waals surface area (Å²) < 4.78 is 0. The zero-order valence-electron chi connectivity index (χ0n) is 39.6. The summed E-state index contributed by atoms with van der Waals surface area (Å²) in [6, 6.07) is 67.5. The summed E-state index contributed by atoms with van der Waals surface area (Å²) in [5.74, 6) is 3.93. The van der Waals surface area contributed by atoms with Crippen molar-refractivity contribution in [2.75, 3.05) is 9.80 Å². The molecule has 6 aliphatic carbocycles. The largest absolute Gasteiger partial charge is 0.311 e. The second kappa shape index (κ2) is 16.2. The van der Waals surface area contributed by atoms with E-state index in [0.29, 0.717) is 17.3 Å². The van der Waals surface area contributed by atoms with Crippen molar-refractivity contribution in [2.24, 2.45) is 29.6 Å². The highest BCUT2D eigenvalue weighted by Crippen LogP contribution is 2.61. The maximum absolute atomic E-state index is 2.50. The molecule has 2 nitrogen and oxygen atoms in total. The van der Waals surface area contributed by atoms with E-state index in [-0.39, 0.29) is 10.8 Å². The fourth-order valence-electron chi connectivity index (χ4n) is 15.1. The van der Waals surface area contributed by atoms with Gasteiger partial charge in [0.1, 0.15) is 0 Å². The van der Waals surface area contributed by atoms with E-state index in [4.69, 9.17) is 0 Å². The predicted octanol–water partition coefficient (Wildman–Crippen LogP) is 17.5. The number of nitrogens with zero attached hydrogens (tertiary/aromatic N) is 2. The Hall–Kier alpha value is -5.86. The van der Waals surface area contributed by atoms with Gasteiger partial charge in [0.25, 0.3) is 0 Å².